The first-order valence-corrected chi connectivity index (χ1v) is 8.42. The molecule has 23 heavy (non-hydrogen) atoms. The van der Waals surface area contributed by atoms with E-state index in [0.29, 0.717) is 12.8 Å². The minimum absolute atomic E-state index is 0.0123. The van der Waals surface area contributed by atoms with Crippen molar-refractivity contribution in [1.82, 2.24) is 14.7 Å². The first-order valence-electron chi connectivity index (χ1n) is 8.42. The number of amides is 1. The fraction of sp³-hybridized carbons (Fsp3) is 0.706. The van der Waals surface area contributed by atoms with Gasteiger partial charge in [0.25, 0.3) is 0 Å². The first-order chi connectivity index (χ1) is 10.9. The second-order valence-electron chi connectivity index (χ2n) is 6.59. The van der Waals surface area contributed by atoms with E-state index in [1.54, 1.807) is 0 Å². The zero-order chi connectivity index (χ0) is 17.0. The van der Waals surface area contributed by atoms with Crippen molar-refractivity contribution in [2.45, 2.75) is 71.4 Å². The highest BCUT2D eigenvalue weighted by atomic mass is 16.4. The number of carbonyl (C=O) groups excluding carboxylic acids is 1. The summed E-state index contributed by atoms with van der Waals surface area (Å²) in [6.45, 7) is 6.70. The SMILES string of the molecule is Cc1cc(C)n(C(C)CC(=O)N2CCCCC2CCC(=O)O)n1. The third-order valence-corrected chi connectivity index (χ3v) is 4.57. The van der Waals surface area contributed by atoms with Gasteiger partial charge in [-0.2, -0.15) is 5.10 Å². The number of aryl methyl sites for hydroxylation is 2. The molecule has 0 aromatic carbocycles. The van der Waals surface area contributed by atoms with Crippen LogP contribution in [0.15, 0.2) is 6.07 Å². The van der Waals surface area contributed by atoms with Crippen molar-refractivity contribution < 1.29 is 14.7 Å². The highest BCUT2D eigenvalue weighted by Gasteiger charge is 2.28. The third kappa shape index (κ3) is 4.56. The smallest absolute Gasteiger partial charge is 0.303 e. The summed E-state index contributed by atoms with van der Waals surface area (Å²) in [7, 11) is 0. The predicted octanol–water partition coefficient (Wildman–Crippen LogP) is 2.70. The van der Waals surface area contributed by atoms with Gasteiger partial charge in [0, 0.05) is 31.1 Å². The number of carboxylic acid groups (broad SMARTS) is 1. The summed E-state index contributed by atoms with van der Waals surface area (Å²) >= 11 is 0. The Balaban J connectivity index is 1.99. The Hall–Kier alpha value is -1.85. The van der Waals surface area contributed by atoms with Gasteiger partial charge in [-0.15, -0.1) is 0 Å². The zero-order valence-corrected chi connectivity index (χ0v) is 14.3. The number of carbonyl (C=O) groups is 2. The molecule has 1 saturated heterocycles. The van der Waals surface area contributed by atoms with Gasteiger partial charge in [-0.05, 0) is 52.5 Å². The molecule has 0 radical (unpaired) electrons. The molecule has 0 bridgehead atoms. The van der Waals surface area contributed by atoms with E-state index in [9.17, 15) is 9.59 Å². The molecule has 2 heterocycles. The van der Waals surface area contributed by atoms with Gasteiger partial charge in [0.05, 0.1) is 11.7 Å². The van der Waals surface area contributed by atoms with Gasteiger partial charge in [0.15, 0.2) is 0 Å². The molecule has 0 saturated carbocycles. The van der Waals surface area contributed by atoms with Gasteiger partial charge in [0.1, 0.15) is 0 Å². The highest BCUT2D eigenvalue weighted by Crippen LogP contribution is 2.24. The number of carboxylic acids is 1. The van der Waals surface area contributed by atoms with Crippen LogP contribution in [0.2, 0.25) is 0 Å². The van der Waals surface area contributed by atoms with E-state index < -0.39 is 5.97 Å². The van der Waals surface area contributed by atoms with Crippen molar-refractivity contribution in [1.29, 1.82) is 0 Å². The maximum atomic E-state index is 12.7. The van der Waals surface area contributed by atoms with E-state index in [4.69, 9.17) is 5.11 Å². The quantitative estimate of drug-likeness (QED) is 0.874. The lowest BCUT2D eigenvalue weighted by atomic mass is 9.97. The summed E-state index contributed by atoms with van der Waals surface area (Å²) in [5.74, 6) is -0.681. The number of aromatic nitrogens is 2. The van der Waals surface area contributed by atoms with Crippen LogP contribution in [0, 0.1) is 13.8 Å². The van der Waals surface area contributed by atoms with Crippen molar-refractivity contribution in [3.05, 3.63) is 17.5 Å². The van der Waals surface area contributed by atoms with Gasteiger partial charge < -0.3 is 10.0 Å². The van der Waals surface area contributed by atoms with E-state index in [1.165, 1.54) is 0 Å². The van der Waals surface area contributed by atoms with E-state index in [-0.39, 0.29) is 24.4 Å². The van der Waals surface area contributed by atoms with Crippen LogP contribution in [0.25, 0.3) is 0 Å². The standard InChI is InChI=1S/C17H27N3O3/c1-12-10-13(2)20(18-12)14(3)11-16(21)19-9-5-4-6-15(19)7-8-17(22)23/h10,14-15H,4-9,11H2,1-3H3,(H,22,23). The lowest BCUT2D eigenvalue weighted by molar-refractivity contribution is -0.140. The summed E-state index contributed by atoms with van der Waals surface area (Å²) in [4.78, 5) is 25.4. The molecule has 128 valence electrons. The number of aliphatic carboxylic acids is 1. The molecular weight excluding hydrogens is 294 g/mol. The third-order valence-electron chi connectivity index (χ3n) is 4.57. The summed E-state index contributed by atoms with van der Waals surface area (Å²) in [6.07, 6.45) is 4.07. The molecule has 2 unspecified atom stereocenters. The van der Waals surface area contributed by atoms with E-state index in [0.717, 1.165) is 37.2 Å². The number of nitrogens with zero attached hydrogens (tertiary/aromatic N) is 3. The predicted molar refractivity (Wildman–Crippen MR) is 87.3 cm³/mol. The molecule has 2 atom stereocenters. The minimum Gasteiger partial charge on any atom is -0.481 e. The molecule has 0 spiro atoms. The molecule has 6 heteroatoms. The largest absolute Gasteiger partial charge is 0.481 e. The zero-order valence-electron chi connectivity index (χ0n) is 14.3. The Kier molecular flexibility index (Phi) is 5.80. The molecular formula is C17H27N3O3. The molecule has 1 amide bonds. The summed E-state index contributed by atoms with van der Waals surface area (Å²) in [6, 6.07) is 2.09. The number of rotatable bonds is 6. The number of piperidine rings is 1. The Morgan fingerprint density at radius 3 is 2.74 bits per heavy atom. The average molecular weight is 321 g/mol. The molecule has 2 rings (SSSR count). The fourth-order valence-electron chi connectivity index (χ4n) is 3.47. The summed E-state index contributed by atoms with van der Waals surface area (Å²) in [5.41, 5.74) is 2.02. The van der Waals surface area contributed by atoms with E-state index in [1.807, 2.05) is 36.4 Å². The van der Waals surface area contributed by atoms with Crippen LogP contribution in [-0.2, 0) is 9.59 Å². The molecule has 1 aliphatic heterocycles. The van der Waals surface area contributed by atoms with Gasteiger partial charge in [0.2, 0.25) is 5.91 Å². The van der Waals surface area contributed by atoms with Crippen LogP contribution >= 0.6 is 0 Å². The second kappa shape index (κ2) is 7.62. The Morgan fingerprint density at radius 2 is 2.13 bits per heavy atom. The number of hydrogen-bond donors (Lipinski definition) is 1. The van der Waals surface area contributed by atoms with Crippen LogP contribution in [0.1, 0.15) is 62.9 Å². The van der Waals surface area contributed by atoms with Crippen molar-refractivity contribution in [3.8, 4) is 0 Å². The van der Waals surface area contributed by atoms with Gasteiger partial charge in [-0.1, -0.05) is 0 Å². The van der Waals surface area contributed by atoms with Crippen LogP contribution in [0.5, 0.6) is 0 Å². The first kappa shape index (κ1) is 17.5. The summed E-state index contributed by atoms with van der Waals surface area (Å²) in [5, 5.41) is 13.3. The molecule has 1 aromatic heterocycles. The molecule has 0 aliphatic carbocycles. The Morgan fingerprint density at radius 1 is 1.39 bits per heavy atom. The van der Waals surface area contributed by atoms with Crippen LogP contribution < -0.4 is 0 Å². The maximum Gasteiger partial charge on any atom is 0.303 e. The second-order valence-corrected chi connectivity index (χ2v) is 6.59. The fourth-order valence-corrected chi connectivity index (χ4v) is 3.47. The topological polar surface area (TPSA) is 75.4 Å². The average Bonchev–Trinajstić information content (AvgIpc) is 2.84. The van der Waals surface area contributed by atoms with Crippen LogP contribution in [0.4, 0.5) is 0 Å². The normalized spacial score (nSPS) is 19.6. The van der Waals surface area contributed by atoms with Gasteiger partial charge in [-0.25, -0.2) is 0 Å². The molecule has 1 fully saturated rings. The lowest BCUT2D eigenvalue weighted by Gasteiger charge is -2.36. The van der Waals surface area contributed by atoms with Crippen LogP contribution in [-0.4, -0.2) is 44.3 Å². The Labute approximate surface area is 137 Å². The number of hydrogen-bond acceptors (Lipinski definition) is 3. The van der Waals surface area contributed by atoms with Crippen molar-refractivity contribution in [3.63, 3.8) is 0 Å². The van der Waals surface area contributed by atoms with E-state index in [2.05, 4.69) is 5.10 Å². The highest BCUT2D eigenvalue weighted by molar-refractivity contribution is 5.77. The number of likely N-dealkylation sites (tertiary alicyclic amines) is 1. The van der Waals surface area contributed by atoms with Gasteiger partial charge >= 0.3 is 5.97 Å². The van der Waals surface area contributed by atoms with Gasteiger partial charge in [-0.3, -0.25) is 14.3 Å². The van der Waals surface area contributed by atoms with Crippen LogP contribution in [0.3, 0.4) is 0 Å². The molecule has 1 N–H and O–H groups in total. The molecule has 1 aromatic rings. The lowest BCUT2D eigenvalue weighted by Crippen LogP contribution is -2.44. The maximum absolute atomic E-state index is 12.7. The van der Waals surface area contributed by atoms with Crippen molar-refractivity contribution in [2.24, 2.45) is 0 Å². The molecule has 1 aliphatic rings. The van der Waals surface area contributed by atoms with Crippen molar-refractivity contribution in [2.75, 3.05) is 6.54 Å². The van der Waals surface area contributed by atoms with E-state index >= 15 is 0 Å². The molecule has 6 nitrogen and oxygen atoms in total. The van der Waals surface area contributed by atoms with Crippen molar-refractivity contribution >= 4 is 11.9 Å². The summed E-state index contributed by atoms with van der Waals surface area (Å²) < 4.78 is 1.91. The Bertz CT molecular complexity index is 567. The minimum atomic E-state index is -0.793. The monoisotopic (exact) mass is 321 g/mol.